The van der Waals surface area contributed by atoms with E-state index < -0.39 is 22.3 Å². The van der Waals surface area contributed by atoms with Gasteiger partial charge in [-0.2, -0.15) is 8.42 Å². The highest BCUT2D eigenvalue weighted by molar-refractivity contribution is 7.79. The zero-order chi connectivity index (χ0) is 41.4. The van der Waals surface area contributed by atoms with Crippen molar-refractivity contribution in [3.8, 4) is 0 Å². The second kappa shape index (κ2) is 25.7. The molecule has 0 fully saturated rings. The van der Waals surface area contributed by atoms with Crippen LogP contribution in [0.2, 0.25) is 0 Å². The van der Waals surface area contributed by atoms with Crippen LogP contribution in [0.4, 0.5) is 5.69 Å². The van der Waals surface area contributed by atoms with Crippen molar-refractivity contribution < 1.29 is 62.0 Å². The van der Waals surface area contributed by atoms with Crippen molar-refractivity contribution >= 4 is 57.7 Å². The highest BCUT2D eigenvalue weighted by Crippen LogP contribution is 2.12. The third-order valence-electron chi connectivity index (χ3n) is 6.52. The van der Waals surface area contributed by atoms with Crippen LogP contribution in [0, 0.1) is 6.57 Å². The minimum Gasteiger partial charge on any atom is -0.478 e. The Balaban J connectivity index is 0.000000717. The van der Waals surface area contributed by atoms with Gasteiger partial charge < -0.3 is 15.7 Å². The Kier molecular flexibility index (Phi) is 22.4. The molecule has 5 rings (SSSR count). The first-order valence-electron chi connectivity index (χ1n) is 15.6. The molecule has 0 heterocycles. The van der Waals surface area contributed by atoms with Gasteiger partial charge in [-0.3, -0.25) is 28.3 Å². The van der Waals surface area contributed by atoms with E-state index in [0.29, 0.717) is 22.4 Å². The van der Waals surface area contributed by atoms with Crippen LogP contribution in [0.1, 0.15) is 81.6 Å². The maximum Gasteiger partial charge on any atom is 0.394 e. The second-order valence-electron chi connectivity index (χ2n) is 10.6. The topological polar surface area (TPSA) is 253 Å². The molecule has 290 valence electrons. The average Bonchev–Trinajstić information content (AvgIpc) is 3.18. The van der Waals surface area contributed by atoms with Crippen molar-refractivity contribution in [2.24, 2.45) is 0 Å². The van der Waals surface area contributed by atoms with Crippen molar-refractivity contribution in [1.82, 2.24) is 0 Å². The van der Waals surface area contributed by atoms with Crippen LogP contribution in [0.25, 0.3) is 10.9 Å². The Labute approximate surface area is 322 Å². The van der Waals surface area contributed by atoms with Gasteiger partial charge in [-0.05, 0) is 49.8 Å². The van der Waals surface area contributed by atoms with E-state index in [2.05, 4.69) is 4.85 Å². The number of benzene rings is 5. The Morgan fingerprint density at radius 2 is 0.875 bits per heavy atom. The fourth-order valence-corrected chi connectivity index (χ4v) is 3.76. The van der Waals surface area contributed by atoms with Gasteiger partial charge in [-0.1, -0.05) is 115 Å². The van der Waals surface area contributed by atoms with Gasteiger partial charge >= 0.3 is 22.3 Å². The lowest BCUT2D eigenvalue weighted by molar-refractivity contribution is 0.0686. The van der Waals surface area contributed by atoms with Gasteiger partial charge in [0.1, 0.15) is 6.29 Å². The van der Waals surface area contributed by atoms with Crippen molar-refractivity contribution in [2.75, 3.05) is 0 Å². The van der Waals surface area contributed by atoms with Crippen molar-refractivity contribution in [3.05, 3.63) is 190 Å². The third-order valence-corrected chi connectivity index (χ3v) is 6.52. The smallest absolute Gasteiger partial charge is 0.394 e. The third kappa shape index (κ3) is 21.3. The predicted octanol–water partition coefficient (Wildman–Crippen LogP) is 7.33. The Morgan fingerprint density at radius 1 is 0.554 bits per heavy atom. The monoisotopic (exact) mass is 783 g/mol. The lowest BCUT2D eigenvalue weighted by Crippen LogP contribution is -1.98. The minimum absolute atomic E-state index is 0. The van der Waals surface area contributed by atoms with Crippen LogP contribution in [-0.4, -0.2) is 68.8 Å². The van der Waals surface area contributed by atoms with Gasteiger partial charge in [-0.25, -0.2) is 14.4 Å². The molecule has 5 aromatic carbocycles. The first kappa shape index (κ1) is 48.8. The molecule has 56 heavy (non-hydrogen) atoms. The maximum absolute atomic E-state index is 11.9. The number of carboxylic acid groups (broad SMARTS) is 2. The number of aldehydes is 1. The maximum atomic E-state index is 11.9. The summed E-state index contributed by atoms with van der Waals surface area (Å²) in [5.74, 6) is -2.17. The van der Waals surface area contributed by atoms with E-state index >= 15 is 0 Å². The number of ketones is 3. The molecule has 0 bridgehead atoms. The molecule has 0 unspecified atom stereocenters. The molecule has 6 N–H and O–H groups in total. The highest BCUT2D eigenvalue weighted by atomic mass is 32.3. The molecule has 0 aliphatic carbocycles. The van der Waals surface area contributed by atoms with Crippen molar-refractivity contribution in [2.45, 2.75) is 13.8 Å². The summed E-state index contributed by atoms with van der Waals surface area (Å²) >= 11 is 0. The zero-order valence-electron chi connectivity index (χ0n) is 29.8. The molecule has 0 spiro atoms. The number of rotatable bonds is 8. The molecular formula is C41H37NO13S. The first-order chi connectivity index (χ1) is 25.9. The molecule has 0 aliphatic heterocycles. The van der Waals surface area contributed by atoms with Gasteiger partial charge in [0.2, 0.25) is 0 Å². The molecule has 0 amide bonds. The lowest BCUT2D eigenvalue weighted by Gasteiger charge is -1.97. The number of carbonyl (C=O) groups excluding carboxylic acids is 4. The summed E-state index contributed by atoms with van der Waals surface area (Å²) in [5, 5.41) is 17.3. The summed E-state index contributed by atoms with van der Waals surface area (Å²) in [5.41, 5.74) is 4.25. The van der Waals surface area contributed by atoms with Gasteiger partial charge in [0, 0.05) is 22.3 Å². The highest BCUT2D eigenvalue weighted by Gasteiger charge is 2.06. The number of aromatic carboxylic acids is 2. The van der Waals surface area contributed by atoms with Crippen LogP contribution >= 0.6 is 0 Å². The molecule has 0 saturated carbocycles. The zero-order valence-corrected chi connectivity index (χ0v) is 30.7. The Bertz CT molecular complexity index is 2170. The van der Waals surface area contributed by atoms with E-state index in [0.717, 1.165) is 17.4 Å². The van der Waals surface area contributed by atoms with E-state index in [4.69, 9.17) is 34.3 Å². The van der Waals surface area contributed by atoms with Gasteiger partial charge in [-0.15, -0.1) is 0 Å². The second-order valence-corrected chi connectivity index (χ2v) is 11.5. The summed E-state index contributed by atoms with van der Waals surface area (Å²) in [6.45, 7) is 9.61. The number of hydrogen-bond acceptors (Lipinski definition) is 8. The van der Waals surface area contributed by atoms with Crippen molar-refractivity contribution in [1.29, 1.82) is 0 Å². The summed E-state index contributed by atoms with van der Waals surface area (Å²) in [4.78, 5) is 67.7. The lowest BCUT2D eigenvalue weighted by atomic mass is 10.1. The quantitative estimate of drug-likeness (QED) is 0.0397. The Hall–Kier alpha value is -7.22. The number of carboxylic acids is 2. The standard InChI is InChI=1S/C16H12O3.C9H7NO.C9H8O3.C7H6O.H2O4S.H2O/c17-15(11-6-12-4-2-1-3-5-12)13-7-9-14(10-8-13)16(18)19;1-7(11)8-3-5-9(10-2)6-4-8;1-6(10)7-2-4-8(5-3-7)9(11)12;8-6-7-4-2-1-3-5-7;1-5(2,3)4;/h1-11H,(H,18,19);3-6H,1H3;2-5H,1H3,(H,11,12);1-6H;(H2,1,2,3,4);1H2/b11-6+;;;;;. The minimum atomic E-state index is -4.67. The SMILES string of the molecule is CC(=O)c1ccc(C(=O)O)cc1.O.O=C(O)c1ccc(C(=O)/C=C/c2ccccc2)cc1.O=Cc1ccccc1.O=S(=O)(O)O.[C-]#[N+]c1ccc(C(C)=O)cc1. The average molecular weight is 784 g/mol. The molecular weight excluding hydrogens is 747 g/mol. The molecule has 14 nitrogen and oxygen atoms in total. The van der Waals surface area contributed by atoms with E-state index in [-0.39, 0.29) is 34.0 Å². The number of nitrogens with zero attached hydrogens (tertiary/aromatic N) is 1. The summed E-state index contributed by atoms with van der Waals surface area (Å²) in [6.07, 6.45) is 4.04. The predicted molar refractivity (Wildman–Crippen MR) is 209 cm³/mol. The molecule has 0 aromatic heterocycles. The molecule has 0 aliphatic rings. The summed E-state index contributed by atoms with van der Waals surface area (Å²) < 4.78 is 31.6. The number of carbonyl (C=O) groups is 6. The largest absolute Gasteiger partial charge is 0.478 e. The molecule has 0 saturated heterocycles. The van der Waals surface area contributed by atoms with Crippen LogP contribution in [-0.2, 0) is 10.4 Å². The van der Waals surface area contributed by atoms with Crippen LogP contribution in [0.5, 0.6) is 0 Å². The van der Waals surface area contributed by atoms with E-state index in [1.165, 1.54) is 68.5 Å². The fraction of sp³-hybridized carbons (Fsp3) is 0.0488. The number of allylic oxidation sites excluding steroid dienone is 1. The fourth-order valence-electron chi connectivity index (χ4n) is 3.76. The molecule has 0 atom stereocenters. The summed E-state index contributed by atoms with van der Waals surface area (Å²) in [7, 11) is -4.67. The number of hydrogen-bond donors (Lipinski definition) is 4. The van der Waals surface area contributed by atoms with Gasteiger partial charge in [0.05, 0.1) is 17.7 Å². The van der Waals surface area contributed by atoms with Crippen LogP contribution in [0.3, 0.4) is 0 Å². The molecule has 15 heteroatoms. The van der Waals surface area contributed by atoms with Crippen LogP contribution in [0.15, 0.2) is 140 Å². The van der Waals surface area contributed by atoms with Gasteiger partial charge in [0.25, 0.3) is 0 Å². The first-order valence-corrected chi connectivity index (χ1v) is 17.0. The summed E-state index contributed by atoms with van der Waals surface area (Å²) in [6, 6.07) is 36.9. The van der Waals surface area contributed by atoms with E-state index in [1.807, 2.05) is 48.5 Å². The molecule has 0 radical (unpaired) electrons. The molecule has 5 aromatic rings. The van der Waals surface area contributed by atoms with Gasteiger partial charge in [0.15, 0.2) is 23.0 Å². The van der Waals surface area contributed by atoms with E-state index in [9.17, 15) is 28.8 Å². The van der Waals surface area contributed by atoms with E-state index in [1.54, 1.807) is 42.5 Å². The normalized spacial score (nSPS) is 9.55. The Morgan fingerprint density at radius 3 is 1.18 bits per heavy atom. The van der Waals surface area contributed by atoms with Crippen LogP contribution < -0.4 is 0 Å². The number of Topliss-reactive ketones (excluding diaryl/α,β-unsaturated/α-hetero) is 2. The van der Waals surface area contributed by atoms with Crippen molar-refractivity contribution in [3.63, 3.8) is 0 Å².